The van der Waals surface area contributed by atoms with E-state index in [1.807, 2.05) is 0 Å². The van der Waals surface area contributed by atoms with Gasteiger partial charge in [-0.05, 0) is 37.0 Å². The number of carbonyl (C=O) groups excluding carboxylic acids is 1. The molecule has 1 fully saturated rings. The first-order valence-electron chi connectivity index (χ1n) is 6.15. The smallest absolute Gasteiger partial charge is 0.387 e. The van der Waals surface area contributed by atoms with E-state index in [9.17, 15) is 13.6 Å². The van der Waals surface area contributed by atoms with Crippen molar-refractivity contribution in [1.82, 2.24) is 5.32 Å². The molecule has 1 atom stereocenters. The Morgan fingerprint density at radius 3 is 2.75 bits per heavy atom. The fourth-order valence-corrected chi connectivity index (χ4v) is 1.82. The lowest BCUT2D eigenvalue weighted by atomic mass is 10.1. The summed E-state index contributed by atoms with van der Waals surface area (Å²) in [5.41, 5.74) is 6.14. The molecule has 20 heavy (non-hydrogen) atoms. The van der Waals surface area contributed by atoms with Crippen molar-refractivity contribution < 1.29 is 18.3 Å². The minimum Gasteiger partial charge on any atom is -0.435 e. The summed E-state index contributed by atoms with van der Waals surface area (Å²) < 4.78 is 28.4. The summed E-state index contributed by atoms with van der Waals surface area (Å²) in [4.78, 5) is 11.8. The van der Waals surface area contributed by atoms with Gasteiger partial charge >= 0.3 is 6.61 Å². The van der Waals surface area contributed by atoms with Gasteiger partial charge in [-0.3, -0.25) is 4.79 Å². The Hall–Kier alpha value is -1.40. The third-order valence-corrected chi connectivity index (χ3v) is 3.05. The van der Waals surface area contributed by atoms with Crippen LogP contribution in [0.2, 0.25) is 0 Å². The van der Waals surface area contributed by atoms with Gasteiger partial charge in [-0.15, -0.1) is 12.4 Å². The minimum atomic E-state index is -2.90. The van der Waals surface area contributed by atoms with Crippen LogP contribution in [-0.4, -0.2) is 25.1 Å². The number of rotatable bonds is 6. The maximum atomic E-state index is 12.1. The largest absolute Gasteiger partial charge is 0.435 e. The molecule has 7 heteroatoms. The fraction of sp³-hybridized carbons (Fsp3) is 0.462. The van der Waals surface area contributed by atoms with Crippen LogP contribution >= 0.6 is 12.4 Å². The predicted molar refractivity (Wildman–Crippen MR) is 73.4 cm³/mol. The van der Waals surface area contributed by atoms with Gasteiger partial charge in [0.2, 0.25) is 0 Å². The molecular weight excluding hydrogens is 290 g/mol. The summed E-state index contributed by atoms with van der Waals surface area (Å²) in [6, 6.07) is 5.65. The summed E-state index contributed by atoms with van der Waals surface area (Å²) in [6.07, 6.45) is 2.21. The molecule has 0 bridgehead atoms. The highest BCUT2D eigenvalue weighted by Gasteiger charge is 2.28. The molecule has 3 N–H and O–H groups in total. The molecule has 1 saturated carbocycles. The van der Waals surface area contributed by atoms with Crippen molar-refractivity contribution in [1.29, 1.82) is 0 Å². The fourth-order valence-electron chi connectivity index (χ4n) is 1.82. The van der Waals surface area contributed by atoms with Crippen LogP contribution in [0.1, 0.15) is 23.2 Å². The van der Waals surface area contributed by atoms with Crippen molar-refractivity contribution in [3.05, 3.63) is 29.8 Å². The van der Waals surface area contributed by atoms with Crippen molar-refractivity contribution in [3.8, 4) is 5.75 Å². The number of alkyl halides is 2. The monoisotopic (exact) mass is 306 g/mol. The number of nitrogens with two attached hydrogens (primary N) is 1. The third-order valence-electron chi connectivity index (χ3n) is 3.05. The Morgan fingerprint density at radius 1 is 1.45 bits per heavy atom. The number of benzene rings is 1. The van der Waals surface area contributed by atoms with E-state index in [-0.39, 0.29) is 35.7 Å². The first kappa shape index (κ1) is 16.7. The van der Waals surface area contributed by atoms with Crippen LogP contribution in [0, 0.1) is 5.92 Å². The molecule has 1 aromatic rings. The standard InChI is InChI=1S/C13H16F2N2O2.ClH/c14-13(15)19-10-3-1-2-9(6-10)12(18)17-7-11(16)8-4-5-8;/h1-3,6,8,11,13H,4-5,7,16H2,(H,17,18);1H. The molecule has 1 aliphatic rings. The molecule has 112 valence electrons. The zero-order valence-corrected chi connectivity index (χ0v) is 11.5. The number of amides is 1. The van der Waals surface area contributed by atoms with E-state index < -0.39 is 6.61 Å². The Bertz CT molecular complexity index is 456. The molecule has 0 spiro atoms. The van der Waals surface area contributed by atoms with Gasteiger partial charge in [0.1, 0.15) is 5.75 Å². The van der Waals surface area contributed by atoms with Crippen LogP contribution in [0.4, 0.5) is 8.78 Å². The van der Waals surface area contributed by atoms with Crippen molar-refractivity contribution >= 4 is 18.3 Å². The lowest BCUT2D eigenvalue weighted by Gasteiger charge is -2.12. The van der Waals surface area contributed by atoms with E-state index in [1.54, 1.807) is 0 Å². The Morgan fingerprint density at radius 2 is 2.15 bits per heavy atom. The van der Waals surface area contributed by atoms with Crippen LogP contribution in [0.3, 0.4) is 0 Å². The Labute approximate surface area is 122 Å². The molecule has 1 aromatic carbocycles. The number of halogens is 3. The molecule has 1 unspecified atom stereocenters. The molecule has 0 saturated heterocycles. The first-order chi connectivity index (χ1) is 9.06. The van der Waals surface area contributed by atoms with Crippen molar-refractivity contribution in [2.24, 2.45) is 11.7 Å². The van der Waals surface area contributed by atoms with Gasteiger partial charge in [-0.1, -0.05) is 6.07 Å². The van der Waals surface area contributed by atoms with Gasteiger partial charge in [0.25, 0.3) is 5.91 Å². The second kappa shape index (κ2) is 7.40. The summed E-state index contributed by atoms with van der Waals surface area (Å²) in [7, 11) is 0. The van der Waals surface area contributed by atoms with Gasteiger partial charge in [0.05, 0.1) is 0 Å². The topological polar surface area (TPSA) is 64.3 Å². The van der Waals surface area contributed by atoms with Crippen molar-refractivity contribution in [3.63, 3.8) is 0 Å². The number of ether oxygens (including phenoxy) is 1. The number of nitrogens with one attached hydrogen (secondary N) is 1. The minimum absolute atomic E-state index is 0. The maximum Gasteiger partial charge on any atom is 0.387 e. The second-order valence-corrected chi connectivity index (χ2v) is 4.62. The highest BCUT2D eigenvalue weighted by molar-refractivity contribution is 5.94. The quantitative estimate of drug-likeness (QED) is 0.846. The van der Waals surface area contributed by atoms with Gasteiger partial charge in [-0.25, -0.2) is 0 Å². The molecular formula is C13H17ClF2N2O2. The summed E-state index contributed by atoms with van der Waals surface area (Å²) in [6.45, 7) is -2.51. The van der Waals surface area contributed by atoms with Crippen LogP contribution in [0.25, 0.3) is 0 Å². The van der Waals surface area contributed by atoms with Crippen LogP contribution in [0.15, 0.2) is 24.3 Å². The number of hydrogen-bond donors (Lipinski definition) is 2. The van der Waals surface area contributed by atoms with Crippen molar-refractivity contribution in [2.45, 2.75) is 25.5 Å². The van der Waals surface area contributed by atoms with E-state index in [4.69, 9.17) is 5.73 Å². The Kier molecular flexibility index (Phi) is 6.16. The zero-order valence-electron chi connectivity index (χ0n) is 10.7. The van der Waals surface area contributed by atoms with Gasteiger partial charge in [0.15, 0.2) is 0 Å². The maximum absolute atomic E-state index is 12.1. The van der Waals surface area contributed by atoms with E-state index in [0.717, 1.165) is 12.8 Å². The highest BCUT2D eigenvalue weighted by atomic mass is 35.5. The van der Waals surface area contributed by atoms with Gasteiger partial charge in [0, 0.05) is 18.2 Å². The highest BCUT2D eigenvalue weighted by Crippen LogP contribution is 2.31. The van der Waals surface area contributed by atoms with Crippen LogP contribution in [-0.2, 0) is 0 Å². The molecule has 0 aliphatic heterocycles. The van der Waals surface area contributed by atoms with E-state index >= 15 is 0 Å². The van der Waals surface area contributed by atoms with E-state index in [0.29, 0.717) is 12.5 Å². The third kappa shape index (κ3) is 4.94. The summed E-state index contributed by atoms with van der Waals surface area (Å²) >= 11 is 0. The number of carbonyl (C=O) groups is 1. The van der Waals surface area contributed by atoms with Crippen LogP contribution in [0.5, 0.6) is 5.75 Å². The second-order valence-electron chi connectivity index (χ2n) is 4.62. The predicted octanol–water partition coefficient (Wildman–Crippen LogP) is 2.18. The lowest BCUT2D eigenvalue weighted by molar-refractivity contribution is -0.0498. The molecule has 4 nitrogen and oxygen atoms in total. The molecule has 1 aliphatic carbocycles. The summed E-state index contributed by atoms with van der Waals surface area (Å²) in [5.74, 6) is 0.124. The molecule has 0 aromatic heterocycles. The average Bonchev–Trinajstić information content (AvgIpc) is 3.19. The molecule has 2 rings (SSSR count). The average molecular weight is 307 g/mol. The van der Waals surface area contributed by atoms with Crippen molar-refractivity contribution in [2.75, 3.05) is 6.54 Å². The van der Waals surface area contributed by atoms with Gasteiger partial charge in [-0.2, -0.15) is 8.78 Å². The van der Waals surface area contributed by atoms with E-state index in [2.05, 4.69) is 10.1 Å². The Balaban J connectivity index is 0.00000200. The van der Waals surface area contributed by atoms with Gasteiger partial charge < -0.3 is 15.8 Å². The van der Waals surface area contributed by atoms with E-state index in [1.165, 1.54) is 24.3 Å². The lowest BCUT2D eigenvalue weighted by Crippen LogP contribution is -2.38. The SMILES string of the molecule is Cl.NC(CNC(=O)c1cccc(OC(F)F)c1)C1CC1. The summed E-state index contributed by atoms with van der Waals surface area (Å²) in [5, 5.41) is 2.69. The molecule has 0 radical (unpaired) electrons. The zero-order chi connectivity index (χ0) is 13.8. The molecule has 1 amide bonds. The number of hydrogen-bond acceptors (Lipinski definition) is 3. The normalized spacial score (nSPS) is 15.4. The van der Waals surface area contributed by atoms with Crippen LogP contribution < -0.4 is 15.8 Å². The molecule has 0 heterocycles. The first-order valence-corrected chi connectivity index (χ1v) is 6.15.